The predicted octanol–water partition coefficient (Wildman–Crippen LogP) is 1.90. The van der Waals surface area contributed by atoms with Gasteiger partial charge >= 0.3 is 0 Å². The molecule has 4 saturated heterocycles. The fourth-order valence-electron chi connectivity index (χ4n) is 6.61. The van der Waals surface area contributed by atoms with Crippen LogP contribution in [0.5, 0.6) is 5.88 Å². The molecule has 0 aliphatic carbocycles. The highest BCUT2D eigenvalue weighted by Gasteiger charge is 2.44. The largest absolute Gasteiger partial charge is 0.481 e. The SMILES string of the molecule is COc1ccc(CN2C3CC2CN(c2ccc(C4=CC(N5CC[C@H](O)C5)Cn5ncc(C#N)c54)cn2)C3)cn1. The van der Waals surface area contributed by atoms with Crippen molar-refractivity contribution < 1.29 is 9.84 Å². The van der Waals surface area contributed by atoms with Crippen LogP contribution in [0, 0.1) is 11.3 Å². The zero-order valence-electron chi connectivity index (χ0n) is 22.0. The van der Waals surface area contributed by atoms with Gasteiger partial charge in [-0.15, -0.1) is 0 Å². The van der Waals surface area contributed by atoms with Gasteiger partial charge in [-0.25, -0.2) is 9.97 Å². The van der Waals surface area contributed by atoms with Gasteiger partial charge in [0.05, 0.1) is 37.2 Å². The summed E-state index contributed by atoms with van der Waals surface area (Å²) in [5.74, 6) is 1.63. The molecule has 39 heavy (non-hydrogen) atoms. The van der Waals surface area contributed by atoms with Gasteiger partial charge < -0.3 is 14.7 Å². The van der Waals surface area contributed by atoms with Gasteiger partial charge in [0, 0.05) is 80.4 Å². The summed E-state index contributed by atoms with van der Waals surface area (Å²) in [5.41, 5.74) is 4.61. The normalized spacial score (nSPS) is 26.5. The molecule has 4 atom stereocenters. The lowest BCUT2D eigenvalue weighted by Gasteiger charge is -2.56. The predicted molar refractivity (Wildman–Crippen MR) is 145 cm³/mol. The third kappa shape index (κ3) is 4.36. The van der Waals surface area contributed by atoms with Crippen molar-refractivity contribution in [3.63, 3.8) is 0 Å². The summed E-state index contributed by atoms with van der Waals surface area (Å²) in [5, 5.41) is 24.3. The minimum atomic E-state index is -0.281. The molecule has 10 nitrogen and oxygen atoms in total. The van der Waals surface area contributed by atoms with E-state index in [0.717, 1.165) is 55.2 Å². The molecule has 8 heterocycles. The van der Waals surface area contributed by atoms with Crippen molar-refractivity contribution in [2.75, 3.05) is 38.2 Å². The van der Waals surface area contributed by atoms with Gasteiger partial charge in [0.2, 0.25) is 5.88 Å². The topological polar surface area (TPSA) is 107 Å². The fourth-order valence-corrected chi connectivity index (χ4v) is 6.61. The van der Waals surface area contributed by atoms with Crippen molar-refractivity contribution in [1.29, 1.82) is 5.26 Å². The number of ether oxygens (including phenoxy) is 1. The number of aliphatic hydroxyl groups is 1. The third-order valence-electron chi connectivity index (χ3n) is 8.70. The molecule has 0 aromatic carbocycles. The number of rotatable bonds is 6. The minimum Gasteiger partial charge on any atom is -0.481 e. The third-order valence-corrected chi connectivity index (χ3v) is 8.70. The van der Waals surface area contributed by atoms with Crippen LogP contribution in [-0.4, -0.2) is 92.2 Å². The molecular weight excluding hydrogens is 492 g/mol. The number of hydrogen-bond acceptors (Lipinski definition) is 9. The van der Waals surface area contributed by atoms with Crippen LogP contribution in [0.25, 0.3) is 5.57 Å². The van der Waals surface area contributed by atoms with Gasteiger partial charge in [-0.05, 0) is 30.5 Å². The lowest BCUT2D eigenvalue weighted by atomic mass is 9.87. The second-order valence-electron chi connectivity index (χ2n) is 11.0. The number of fused-ring (bicyclic) bond motifs is 3. The van der Waals surface area contributed by atoms with Gasteiger partial charge in [-0.3, -0.25) is 14.5 Å². The lowest BCUT2D eigenvalue weighted by molar-refractivity contribution is -0.00877. The number of pyridine rings is 2. The maximum absolute atomic E-state index is 10.1. The molecular formula is C29H32N8O2. The highest BCUT2D eigenvalue weighted by molar-refractivity contribution is 5.82. The minimum absolute atomic E-state index is 0.122. The molecule has 10 heteroatoms. The van der Waals surface area contributed by atoms with Crippen LogP contribution in [-0.2, 0) is 13.1 Å². The number of β-amino-alcohol motifs (C(OH)–C–C–N with tert-alkyl or cyclic N) is 1. The number of hydrogen-bond donors (Lipinski definition) is 1. The molecule has 5 aliphatic heterocycles. The van der Waals surface area contributed by atoms with Gasteiger partial charge in [-0.2, -0.15) is 10.4 Å². The van der Waals surface area contributed by atoms with Crippen LogP contribution < -0.4 is 9.64 Å². The van der Waals surface area contributed by atoms with Crippen molar-refractivity contribution in [3.05, 3.63) is 71.3 Å². The first-order valence-corrected chi connectivity index (χ1v) is 13.7. The zero-order chi connectivity index (χ0) is 26.5. The first kappa shape index (κ1) is 24.3. The van der Waals surface area contributed by atoms with E-state index >= 15 is 0 Å². The van der Waals surface area contributed by atoms with Gasteiger partial charge in [0.25, 0.3) is 0 Å². The van der Waals surface area contributed by atoms with Crippen molar-refractivity contribution in [3.8, 4) is 11.9 Å². The molecule has 3 aromatic rings. The van der Waals surface area contributed by atoms with Crippen LogP contribution in [0.4, 0.5) is 5.82 Å². The summed E-state index contributed by atoms with van der Waals surface area (Å²) in [6, 6.07) is 11.7. The number of piperazine rings is 1. The van der Waals surface area contributed by atoms with Crippen LogP contribution in [0.1, 0.15) is 35.2 Å². The Morgan fingerprint density at radius 1 is 1.05 bits per heavy atom. The standard InChI is InChI=1S/C29H32N8O2/c1-39-28-5-2-19(11-32-28)14-36-23-8-24(36)16-35(15-23)27-4-3-20(12-31-27)26-9-22(34-7-6-25(38)18-34)17-37-29(26)21(10-30)13-33-37/h2-5,9,11-13,22-25,38H,6-8,14-18H2,1H3/t22?,23?,24?,25-/m0/s1. The molecule has 200 valence electrons. The van der Waals surface area contributed by atoms with E-state index in [1.54, 1.807) is 13.3 Å². The van der Waals surface area contributed by atoms with E-state index in [-0.39, 0.29) is 12.1 Å². The number of likely N-dealkylation sites (tertiary alicyclic amines) is 1. The summed E-state index contributed by atoms with van der Waals surface area (Å²) in [4.78, 5) is 16.5. The molecule has 0 radical (unpaired) electrons. The Morgan fingerprint density at radius 3 is 2.59 bits per heavy atom. The number of piperidine rings is 1. The Balaban J connectivity index is 1.07. The Bertz CT molecular complexity index is 1410. The van der Waals surface area contributed by atoms with E-state index in [2.05, 4.69) is 55.1 Å². The first-order valence-electron chi connectivity index (χ1n) is 13.7. The Labute approximate surface area is 227 Å². The summed E-state index contributed by atoms with van der Waals surface area (Å²) in [7, 11) is 1.64. The van der Waals surface area contributed by atoms with Gasteiger partial charge in [0.1, 0.15) is 11.9 Å². The van der Waals surface area contributed by atoms with Crippen molar-refractivity contribution in [1.82, 2.24) is 29.5 Å². The van der Waals surface area contributed by atoms with Crippen molar-refractivity contribution >= 4 is 11.4 Å². The molecule has 0 saturated carbocycles. The number of aromatic nitrogens is 4. The Kier molecular flexibility index (Phi) is 6.07. The number of nitrogens with zero attached hydrogens (tertiary/aromatic N) is 8. The van der Waals surface area contributed by atoms with E-state index in [4.69, 9.17) is 9.72 Å². The fraction of sp³-hybridized carbons (Fsp3) is 0.448. The van der Waals surface area contributed by atoms with E-state index in [1.165, 1.54) is 12.0 Å². The van der Waals surface area contributed by atoms with E-state index < -0.39 is 0 Å². The number of nitriles is 1. The smallest absolute Gasteiger partial charge is 0.212 e. The molecule has 3 aromatic heterocycles. The summed E-state index contributed by atoms with van der Waals surface area (Å²) in [6.45, 7) is 5.03. The van der Waals surface area contributed by atoms with Gasteiger partial charge in [0.15, 0.2) is 0 Å². The average Bonchev–Trinajstić information content (AvgIpc) is 3.62. The van der Waals surface area contributed by atoms with Gasteiger partial charge in [-0.1, -0.05) is 12.1 Å². The Morgan fingerprint density at radius 2 is 1.92 bits per heavy atom. The number of aliphatic hydroxyl groups excluding tert-OH is 1. The zero-order valence-corrected chi connectivity index (χ0v) is 22.0. The highest BCUT2D eigenvalue weighted by Crippen LogP contribution is 2.37. The van der Waals surface area contributed by atoms with Crippen LogP contribution in [0.15, 0.2) is 48.9 Å². The van der Waals surface area contributed by atoms with Crippen LogP contribution in [0.3, 0.4) is 0 Å². The van der Waals surface area contributed by atoms with E-state index in [1.807, 2.05) is 23.1 Å². The second kappa shape index (κ2) is 9.75. The Hall–Kier alpha value is -3.78. The summed E-state index contributed by atoms with van der Waals surface area (Å²) < 4.78 is 7.12. The van der Waals surface area contributed by atoms with Crippen molar-refractivity contribution in [2.45, 2.75) is 50.2 Å². The molecule has 0 amide bonds. The van der Waals surface area contributed by atoms with Crippen molar-refractivity contribution in [2.24, 2.45) is 0 Å². The van der Waals surface area contributed by atoms with E-state index in [9.17, 15) is 10.4 Å². The quantitative estimate of drug-likeness (QED) is 0.517. The molecule has 5 aliphatic rings. The summed E-state index contributed by atoms with van der Waals surface area (Å²) in [6.07, 6.45) is 9.45. The van der Waals surface area contributed by atoms with Crippen LogP contribution in [0.2, 0.25) is 0 Å². The second-order valence-corrected chi connectivity index (χ2v) is 11.0. The summed E-state index contributed by atoms with van der Waals surface area (Å²) >= 11 is 0. The molecule has 8 rings (SSSR count). The molecule has 1 N–H and O–H groups in total. The molecule has 4 fully saturated rings. The number of anilines is 1. The van der Waals surface area contributed by atoms with E-state index in [0.29, 0.717) is 36.6 Å². The maximum atomic E-state index is 10.1. The van der Waals surface area contributed by atoms with Crippen LogP contribution >= 0.6 is 0 Å². The highest BCUT2D eigenvalue weighted by atomic mass is 16.5. The average molecular weight is 525 g/mol. The lowest BCUT2D eigenvalue weighted by Crippen LogP contribution is -2.68. The maximum Gasteiger partial charge on any atom is 0.212 e. The molecule has 0 spiro atoms. The molecule has 3 unspecified atom stereocenters. The number of methoxy groups -OCH3 is 1. The molecule has 2 bridgehead atoms. The monoisotopic (exact) mass is 524 g/mol. The first-order chi connectivity index (χ1) is 19.1.